The third-order valence-corrected chi connectivity index (χ3v) is 5.84. The summed E-state index contributed by atoms with van der Waals surface area (Å²) in [7, 11) is 0. The summed E-state index contributed by atoms with van der Waals surface area (Å²) in [5, 5.41) is 0. The Kier molecular flexibility index (Phi) is 9.31. The van der Waals surface area contributed by atoms with Crippen molar-refractivity contribution in [1.82, 2.24) is 9.80 Å². The van der Waals surface area contributed by atoms with E-state index in [0.29, 0.717) is 30.5 Å². The number of likely N-dealkylation sites (tertiary alicyclic amines) is 1. The number of morpholine rings is 1. The molecule has 3 atom stereocenters. The second-order valence-corrected chi connectivity index (χ2v) is 7.27. The Morgan fingerprint density at radius 3 is 2.46 bits per heavy atom. The lowest BCUT2D eigenvalue weighted by atomic mass is 9.93. The lowest BCUT2D eigenvalue weighted by molar-refractivity contribution is -0.138. The minimum absolute atomic E-state index is 0. The number of hydrogen-bond donors (Lipinski definition) is 1. The van der Waals surface area contributed by atoms with Crippen LogP contribution >= 0.6 is 24.8 Å². The van der Waals surface area contributed by atoms with Crippen molar-refractivity contribution < 1.29 is 9.53 Å². The predicted molar refractivity (Wildman–Crippen MR) is 101 cm³/mol. The SMILES string of the molecule is CC1CN(C2CCN(C(=O)[C@@H]3CCC[C@@H]3CN)CC2)CCO1.Cl.Cl. The number of nitrogens with zero attached hydrogens (tertiary/aromatic N) is 2. The number of nitrogens with two attached hydrogens (primary N) is 1. The molecule has 1 unspecified atom stereocenters. The molecule has 3 rings (SSSR count). The molecule has 1 aliphatic carbocycles. The van der Waals surface area contributed by atoms with E-state index in [1.54, 1.807) is 0 Å². The number of amides is 1. The average Bonchev–Trinajstić information content (AvgIpc) is 3.03. The van der Waals surface area contributed by atoms with E-state index in [4.69, 9.17) is 10.5 Å². The van der Waals surface area contributed by atoms with Gasteiger partial charge in [-0.1, -0.05) is 6.42 Å². The highest BCUT2D eigenvalue weighted by molar-refractivity contribution is 5.85. The fourth-order valence-corrected chi connectivity index (χ4v) is 4.51. The highest BCUT2D eigenvalue weighted by Gasteiger charge is 2.36. The standard InChI is InChI=1S/C17H31N3O2.2ClH/c1-13-12-20(9-10-22-13)15-5-7-19(8-6-15)17(21)16-4-2-3-14(16)11-18;;/h13-16H,2-12,18H2,1H3;2*1H/t13?,14-,16-;;/m1../s1. The van der Waals surface area contributed by atoms with Crippen LogP contribution in [0.2, 0.25) is 0 Å². The van der Waals surface area contributed by atoms with Crippen molar-refractivity contribution in [1.29, 1.82) is 0 Å². The smallest absolute Gasteiger partial charge is 0.226 e. The third-order valence-electron chi connectivity index (χ3n) is 5.84. The number of carbonyl (C=O) groups is 1. The summed E-state index contributed by atoms with van der Waals surface area (Å²) in [6.07, 6.45) is 5.91. The second-order valence-electron chi connectivity index (χ2n) is 7.27. The minimum atomic E-state index is 0. The molecule has 7 heteroatoms. The number of carbonyl (C=O) groups excluding carboxylic acids is 1. The van der Waals surface area contributed by atoms with Gasteiger partial charge in [0.05, 0.1) is 12.7 Å². The zero-order chi connectivity index (χ0) is 15.5. The molecule has 0 aromatic carbocycles. The summed E-state index contributed by atoms with van der Waals surface area (Å²) in [6, 6.07) is 0.629. The van der Waals surface area contributed by atoms with Gasteiger partial charge in [0.2, 0.25) is 5.91 Å². The fraction of sp³-hybridized carbons (Fsp3) is 0.941. The molecule has 2 heterocycles. The van der Waals surface area contributed by atoms with Gasteiger partial charge in [0, 0.05) is 38.1 Å². The molecule has 2 saturated heterocycles. The van der Waals surface area contributed by atoms with Crippen molar-refractivity contribution in [2.75, 3.05) is 39.3 Å². The van der Waals surface area contributed by atoms with E-state index in [0.717, 1.165) is 58.5 Å². The minimum Gasteiger partial charge on any atom is -0.376 e. The van der Waals surface area contributed by atoms with E-state index < -0.39 is 0 Å². The molecule has 5 nitrogen and oxygen atoms in total. The van der Waals surface area contributed by atoms with Gasteiger partial charge in [-0.3, -0.25) is 9.69 Å². The summed E-state index contributed by atoms with van der Waals surface area (Å²) in [5.41, 5.74) is 5.83. The van der Waals surface area contributed by atoms with E-state index >= 15 is 0 Å². The topological polar surface area (TPSA) is 58.8 Å². The molecule has 2 N–H and O–H groups in total. The van der Waals surface area contributed by atoms with Crippen LogP contribution in [0.1, 0.15) is 39.0 Å². The summed E-state index contributed by atoms with van der Waals surface area (Å²) >= 11 is 0. The van der Waals surface area contributed by atoms with E-state index in [2.05, 4.69) is 16.7 Å². The first-order chi connectivity index (χ1) is 10.7. The molecule has 1 saturated carbocycles. The fourth-order valence-electron chi connectivity index (χ4n) is 4.51. The van der Waals surface area contributed by atoms with Crippen LogP contribution in [0.15, 0.2) is 0 Å². The number of piperidine rings is 1. The Morgan fingerprint density at radius 1 is 1.12 bits per heavy atom. The largest absolute Gasteiger partial charge is 0.376 e. The molecule has 0 aromatic heterocycles. The molecule has 0 aromatic rings. The van der Waals surface area contributed by atoms with Crippen LogP contribution in [-0.4, -0.2) is 67.2 Å². The maximum absolute atomic E-state index is 12.7. The van der Waals surface area contributed by atoms with Crippen molar-refractivity contribution in [3.05, 3.63) is 0 Å². The van der Waals surface area contributed by atoms with Crippen molar-refractivity contribution >= 4 is 30.7 Å². The Labute approximate surface area is 158 Å². The first-order valence-electron chi connectivity index (χ1n) is 9.03. The maximum atomic E-state index is 12.7. The molecule has 2 aliphatic heterocycles. The van der Waals surface area contributed by atoms with Gasteiger partial charge in [-0.25, -0.2) is 0 Å². The van der Waals surface area contributed by atoms with Gasteiger partial charge in [-0.05, 0) is 45.1 Å². The molecule has 0 bridgehead atoms. The van der Waals surface area contributed by atoms with Gasteiger partial charge in [-0.2, -0.15) is 0 Å². The zero-order valence-electron chi connectivity index (χ0n) is 14.7. The monoisotopic (exact) mass is 381 g/mol. The van der Waals surface area contributed by atoms with Gasteiger partial charge in [-0.15, -0.1) is 24.8 Å². The number of hydrogen-bond acceptors (Lipinski definition) is 4. The van der Waals surface area contributed by atoms with Gasteiger partial charge < -0.3 is 15.4 Å². The first-order valence-corrected chi connectivity index (χ1v) is 9.03. The van der Waals surface area contributed by atoms with Gasteiger partial charge >= 0.3 is 0 Å². The summed E-state index contributed by atoms with van der Waals surface area (Å²) in [5.74, 6) is 0.997. The summed E-state index contributed by atoms with van der Waals surface area (Å²) in [6.45, 7) is 7.58. The van der Waals surface area contributed by atoms with Crippen LogP contribution < -0.4 is 5.73 Å². The Balaban J connectivity index is 0.00000144. The molecule has 1 amide bonds. The van der Waals surface area contributed by atoms with Crippen LogP contribution in [0.4, 0.5) is 0 Å². The second kappa shape index (κ2) is 10.2. The van der Waals surface area contributed by atoms with E-state index in [-0.39, 0.29) is 30.7 Å². The quantitative estimate of drug-likeness (QED) is 0.810. The molecule has 3 fully saturated rings. The van der Waals surface area contributed by atoms with E-state index in [1.807, 2.05) is 0 Å². The Hall–Kier alpha value is -0.0700. The molecule has 3 aliphatic rings. The van der Waals surface area contributed by atoms with Crippen LogP contribution in [0, 0.1) is 11.8 Å². The predicted octanol–water partition coefficient (Wildman–Crippen LogP) is 1.92. The lowest BCUT2D eigenvalue weighted by Gasteiger charge is -2.42. The molecule has 0 spiro atoms. The van der Waals surface area contributed by atoms with E-state index in [9.17, 15) is 4.79 Å². The van der Waals surface area contributed by atoms with Gasteiger partial charge in [0.25, 0.3) is 0 Å². The third kappa shape index (κ3) is 4.98. The van der Waals surface area contributed by atoms with Crippen LogP contribution in [-0.2, 0) is 9.53 Å². The van der Waals surface area contributed by atoms with Crippen molar-refractivity contribution in [3.63, 3.8) is 0 Å². The van der Waals surface area contributed by atoms with Gasteiger partial charge in [0.1, 0.15) is 0 Å². The van der Waals surface area contributed by atoms with Gasteiger partial charge in [0.15, 0.2) is 0 Å². The summed E-state index contributed by atoms with van der Waals surface area (Å²) < 4.78 is 5.63. The van der Waals surface area contributed by atoms with Crippen molar-refractivity contribution in [3.8, 4) is 0 Å². The highest BCUT2D eigenvalue weighted by atomic mass is 35.5. The Morgan fingerprint density at radius 2 is 1.83 bits per heavy atom. The lowest BCUT2D eigenvalue weighted by Crippen LogP contribution is -2.52. The molecule has 142 valence electrons. The average molecular weight is 382 g/mol. The molecular formula is C17H33Cl2N3O2. The summed E-state index contributed by atoms with van der Waals surface area (Å²) in [4.78, 5) is 17.4. The Bertz CT molecular complexity index is 392. The van der Waals surface area contributed by atoms with Crippen molar-refractivity contribution in [2.45, 2.75) is 51.2 Å². The van der Waals surface area contributed by atoms with Crippen LogP contribution in [0.25, 0.3) is 0 Å². The maximum Gasteiger partial charge on any atom is 0.226 e. The van der Waals surface area contributed by atoms with Crippen LogP contribution in [0.5, 0.6) is 0 Å². The normalized spacial score (nSPS) is 32.1. The van der Waals surface area contributed by atoms with E-state index in [1.165, 1.54) is 6.42 Å². The molecular weight excluding hydrogens is 349 g/mol. The first kappa shape index (κ1) is 22.0. The number of halogens is 2. The number of ether oxygens (including phenoxy) is 1. The highest BCUT2D eigenvalue weighted by Crippen LogP contribution is 2.33. The van der Waals surface area contributed by atoms with Crippen molar-refractivity contribution in [2.24, 2.45) is 17.6 Å². The number of rotatable bonds is 3. The van der Waals surface area contributed by atoms with Crippen LogP contribution in [0.3, 0.4) is 0 Å². The zero-order valence-corrected chi connectivity index (χ0v) is 16.3. The molecule has 0 radical (unpaired) electrons. The molecule has 24 heavy (non-hydrogen) atoms.